The Balaban J connectivity index is 2.13. The van der Waals surface area contributed by atoms with Crippen molar-refractivity contribution in [2.45, 2.75) is 39.3 Å². The average Bonchev–Trinajstić information content (AvgIpc) is 2.70. The number of carbonyl (C=O) groups is 1. The summed E-state index contributed by atoms with van der Waals surface area (Å²) < 4.78 is 2.12. The van der Waals surface area contributed by atoms with Gasteiger partial charge in [0.15, 0.2) is 0 Å². The third-order valence-electron chi connectivity index (χ3n) is 4.59. The van der Waals surface area contributed by atoms with E-state index in [1.54, 1.807) is 18.2 Å². The van der Waals surface area contributed by atoms with Gasteiger partial charge in [0, 0.05) is 11.5 Å². The predicted molar refractivity (Wildman–Crippen MR) is 74.9 cm³/mol. The van der Waals surface area contributed by atoms with Gasteiger partial charge in [0.05, 0.1) is 22.7 Å². The number of rotatable bonds is 2. The van der Waals surface area contributed by atoms with Gasteiger partial charge in [-0.1, -0.05) is 13.8 Å². The summed E-state index contributed by atoms with van der Waals surface area (Å²) in [5.41, 5.74) is 1.68. The average molecular weight is 274 g/mol. The molecule has 0 amide bonds. The van der Waals surface area contributed by atoms with Crippen LogP contribution in [-0.4, -0.2) is 31.8 Å². The summed E-state index contributed by atoms with van der Waals surface area (Å²) in [6.07, 6.45) is 0.405. The van der Waals surface area contributed by atoms with Gasteiger partial charge in [0.1, 0.15) is 5.82 Å². The fraction of sp³-hybridized carbons (Fsp3) is 0.467. The lowest BCUT2D eigenvalue weighted by Crippen LogP contribution is -2.50. The SMILES string of the molecule is Cc1nc2cc(C(=O)O)ccc2n1C1CC(O)C1(C)C. The molecule has 2 unspecified atom stereocenters. The van der Waals surface area contributed by atoms with Crippen LogP contribution in [-0.2, 0) is 0 Å². The topological polar surface area (TPSA) is 75.3 Å². The Morgan fingerprint density at radius 1 is 1.45 bits per heavy atom. The number of fused-ring (bicyclic) bond motifs is 1. The molecule has 2 N–H and O–H groups in total. The highest BCUT2D eigenvalue weighted by Crippen LogP contribution is 2.50. The summed E-state index contributed by atoms with van der Waals surface area (Å²) in [4.78, 5) is 15.5. The lowest BCUT2D eigenvalue weighted by molar-refractivity contribution is -0.0884. The Hall–Kier alpha value is -1.88. The van der Waals surface area contributed by atoms with Gasteiger partial charge in [-0.2, -0.15) is 0 Å². The van der Waals surface area contributed by atoms with Gasteiger partial charge in [-0.25, -0.2) is 9.78 Å². The Labute approximate surface area is 116 Å². The zero-order valence-corrected chi connectivity index (χ0v) is 11.8. The van der Waals surface area contributed by atoms with E-state index in [4.69, 9.17) is 5.11 Å². The van der Waals surface area contributed by atoms with Crippen LogP contribution in [0.5, 0.6) is 0 Å². The van der Waals surface area contributed by atoms with E-state index < -0.39 is 5.97 Å². The maximum absolute atomic E-state index is 11.0. The van der Waals surface area contributed by atoms with Crippen molar-refractivity contribution in [3.8, 4) is 0 Å². The van der Waals surface area contributed by atoms with E-state index in [0.717, 1.165) is 11.3 Å². The van der Waals surface area contributed by atoms with Crippen LogP contribution < -0.4 is 0 Å². The summed E-state index contributed by atoms with van der Waals surface area (Å²) in [5.74, 6) is -0.0917. The van der Waals surface area contributed by atoms with Crippen LogP contribution in [0.1, 0.15) is 42.5 Å². The van der Waals surface area contributed by atoms with Crippen LogP contribution in [0.3, 0.4) is 0 Å². The number of nitrogens with zero attached hydrogens (tertiary/aromatic N) is 2. The largest absolute Gasteiger partial charge is 0.478 e. The van der Waals surface area contributed by atoms with Crippen molar-refractivity contribution in [3.05, 3.63) is 29.6 Å². The van der Waals surface area contributed by atoms with Crippen molar-refractivity contribution in [3.63, 3.8) is 0 Å². The number of aliphatic hydroxyl groups excluding tert-OH is 1. The van der Waals surface area contributed by atoms with Gasteiger partial charge in [0.25, 0.3) is 0 Å². The Bertz CT molecular complexity index is 702. The highest BCUT2D eigenvalue weighted by molar-refractivity contribution is 5.92. The predicted octanol–water partition coefficient (Wildman–Crippen LogP) is 2.37. The first-order valence-electron chi connectivity index (χ1n) is 6.72. The van der Waals surface area contributed by atoms with Crippen LogP contribution in [0.2, 0.25) is 0 Å². The smallest absolute Gasteiger partial charge is 0.335 e. The number of hydrogen-bond donors (Lipinski definition) is 2. The molecule has 20 heavy (non-hydrogen) atoms. The molecule has 1 heterocycles. The fourth-order valence-corrected chi connectivity index (χ4v) is 3.06. The van der Waals surface area contributed by atoms with Gasteiger partial charge < -0.3 is 14.8 Å². The zero-order valence-electron chi connectivity index (χ0n) is 11.8. The normalized spacial score (nSPS) is 24.6. The molecular formula is C15H18N2O3. The molecule has 1 aromatic heterocycles. The number of imidazole rings is 1. The number of carboxylic acid groups (broad SMARTS) is 1. The first-order valence-corrected chi connectivity index (χ1v) is 6.72. The number of aliphatic hydroxyl groups is 1. The van der Waals surface area contributed by atoms with Gasteiger partial charge in [-0.3, -0.25) is 0 Å². The van der Waals surface area contributed by atoms with Crippen LogP contribution in [0.15, 0.2) is 18.2 Å². The highest BCUT2D eigenvalue weighted by Gasteiger charge is 2.49. The second-order valence-electron chi connectivity index (χ2n) is 6.13. The first kappa shape index (κ1) is 13.1. The van der Waals surface area contributed by atoms with Crippen molar-refractivity contribution < 1.29 is 15.0 Å². The monoisotopic (exact) mass is 274 g/mol. The fourth-order valence-electron chi connectivity index (χ4n) is 3.06. The molecule has 2 atom stereocenters. The van der Waals surface area contributed by atoms with E-state index in [-0.39, 0.29) is 23.1 Å². The number of aromatic nitrogens is 2. The quantitative estimate of drug-likeness (QED) is 0.881. The van der Waals surface area contributed by atoms with Crippen LogP contribution in [0.4, 0.5) is 0 Å². The zero-order chi connectivity index (χ0) is 14.7. The molecule has 5 heteroatoms. The third kappa shape index (κ3) is 1.66. The van der Waals surface area contributed by atoms with E-state index in [1.165, 1.54) is 0 Å². The molecule has 106 valence electrons. The summed E-state index contributed by atoms with van der Waals surface area (Å²) in [6.45, 7) is 6.01. The molecule has 2 aromatic rings. The van der Waals surface area contributed by atoms with Gasteiger partial charge >= 0.3 is 5.97 Å². The van der Waals surface area contributed by atoms with Crippen LogP contribution in [0.25, 0.3) is 11.0 Å². The minimum atomic E-state index is -0.946. The molecule has 0 bridgehead atoms. The van der Waals surface area contributed by atoms with Crippen molar-refractivity contribution in [1.29, 1.82) is 0 Å². The lowest BCUT2D eigenvalue weighted by atomic mass is 9.64. The molecule has 0 aliphatic heterocycles. The molecule has 0 spiro atoms. The van der Waals surface area contributed by atoms with E-state index in [2.05, 4.69) is 9.55 Å². The van der Waals surface area contributed by atoms with E-state index in [1.807, 2.05) is 20.8 Å². The number of hydrogen-bond acceptors (Lipinski definition) is 3. The van der Waals surface area contributed by atoms with Crippen LogP contribution in [0, 0.1) is 12.3 Å². The van der Waals surface area contributed by atoms with Crippen molar-refractivity contribution >= 4 is 17.0 Å². The summed E-state index contributed by atoms with van der Waals surface area (Å²) in [7, 11) is 0. The maximum Gasteiger partial charge on any atom is 0.335 e. The minimum absolute atomic E-state index is 0.191. The summed E-state index contributed by atoms with van der Waals surface area (Å²) >= 11 is 0. The summed E-state index contributed by atoms with van der Waals surface area (Å²) in [6, 6.07) is 5.20. The van der Waals surface area contributed by atoms with Gasteiger partial charge in [0.2, 0.25) is 0 Å². The first-order chi connectivity index (χ1) is 9.32. The Morgan fingerprint density at radius 2 is 2.15 bits per heavy atom. The van der Waals surface area contributed by atoms with Crippen molar-refractivity contribution in [2.24, 2.45) is 5.41 Å². The second kappa shape index (κ2) is 4.06. The summed E-state index contributed by atoms with van der Waals surface area (Å²) in [5, 5.41) is 19.0. The lowest BCUT2D eigenvalue weighted by Gasteiger charge is -2.50. The number of benzene rings is 1. The highest BCUT2D eigenvalue weighted by atomic mass is 16.4. The molecular weight excluding hydrogens is 256 g/mol. The van der Waals surface area contributed by atoms with Gasteiger partial charge in [-0.05, 0) is 31.5 Å². The van der Waals surface area contributed by atoms with Crippen molar-refractivity contribution in [2.75, 3.05) is 0 Å². The van der Waals surface area contributed by atoms with E-state index in [0.29, 0.717) is 11.9 Å². The Kier molecular flexibility index (Phi) is 2.66. The van der Waals surface area contributed by atoms with Crippen LogP contribution >= 0.6 is 0 Å². The molecule has 1 aromatic carbocycles. The molecule has 3 rings (SSSR count). The molecule has 1 aliphatic rings. The molecule has 1 fully saturated rings. The Morgan fingerprint density at radius 3 is 2.70 bits per heavy atom. The number of aromatic carboxylic acids is 1. The van der Waals surface area contributed by atoms with E-state index >= 15 is 0 Å². The standard InChI is InChI=1S/C15H18N2O3/c1-8-16-10-6-9(14(19)20)4-5-11(10)17(8)12-7-13(18)15(12,2)3/h4-6,12-13,18H,7H2,1-3H3,(H,19,20). The van der Waals surface area contributed by atoms with E-state index in [9.17, 15) is 9.90 Å². The molecule has 0 saturated heterocycles. The van der Waals surface area contributed by atoms with Gasteiger partial charge in [-0.15, -0.1) is 0 Å². The molecule has 1 saturated carbocycles. The van der Waals surface area contributed by atoms with Crippen molar-refractivity contribution in [1.82, 2.24) is 9.55 Å². The second-order valence-corrected chi connectivity index (χ2v) is 6.13. The maximum atomic E-state index is 11.0. The number of aryl methyl sites for hydroxylation is 1. The molecule has 5 nitrogen and oxygen atoms in total. The molecule has 0 radical (unpaired) electrons. The third-order valence-corrected chi connectivity index (χ3v) is 4.59. The molecule has 1 aliphatic carbocycles. The minimum Gasteiger partial charge on any atom is -0.478 e. The number of carboxylic acids is 1.